The highest BCUT2D eigenvalue weighted by Gasteiger charge is 2.49. The highest BCUT2D eigenvalue weighted by atomic mass is 19.1. The van der Waals surface area contributed by atoms with Crippen LogP contribution in [0.2, 0.25) is 0 Å². The van der Waals surface area contributed by atoms with Crippen LogP contribution in [0.25, 0.3) is 0 Å². The first kappa shape index (κ1) is 20.6. The van der Waals surface area contributed by atoms with Crippen molar-refractivity contribution in [2.24, 2.45) is 4.99 Å². The monoisotopic (exact) mass is 416 g/mol. The minimum atomic E-state index is -0.592. The molecule has 3 heterocycles. The molecule has 1 N–H and O–H groups in total. The van der Waals surface area contributed by atoms with Crippen LogP contribution in [-0.4, -0.2) is 89.5 Å². The fraction of sp³-hybridized carbons (Fsp3) is 0.571. The van der Waals surface area contributed by atoms with Crippen LogP contribution in [0.15, 0.2) is 29.3 Å². The smallest absolute Gasteiger partial charge is 0.325 e. The van der Waals surface area contributed by atoms with E-state index in [9.17, 15) is 14.0 Å². The van der Waals surface area contributed by atoms with Crippen LogP contribution in [0.5, 0.6) is 0 Å². The van der Waals surface area contributed by atoms with Crippen molar-refractivity contribution in [3.63, 3.8) is 0 Å². The lowest BCUT2D eigenvalue weighted by atomic mass is 10.1. The quantitative estimate of drug-likeness (QED) is 0.783. The molecule has 162 valence electrons. The van der Waals surface area contributed by atoms with E-state index in [1.165, 1.54) is 29.9 Å². The number of amides is 3. The Labute approximate surface area is 176 Å². The van der Waals surface area contributed by atoms with Gasteiger partial charge in [0.2, 0.25) is 0 Å². The van der Waals surface area contributed by atoms with E-state index in [0.717, 1.165) is 44.2 Å². The number of nitrogens with one attached hydrogen (secondary N) is 1. The molecule has 2 fully saturated rings. The molecular weight excluding hydrogens is 387 g/mol. The number of aliphatic imine (C=N–C) groups is 1. The lowest BCUT2D eigenvalue weighted by molar-refractivity contribution is -0.127. The molecule has 2 atom stereocenters. The Morgan fingerprint density at radius 1 is 1.13 bits per heavy atom. The summed E-state index contributed by atoms with van der Waals surface area (Å²) in [6.45, 7) is 7.25. The lowest BCUT2D eigenvalue weighted by Gasteiger charge is -2.40. The number of carbonyl (C=O) groups is 2. The van der Waals surface area contributed by atoms with E-state index in [1.54, 1.807) is 19.2 Å². The number of benzene rings is 1. The van der Waals surface area contributed by atoms with Crippen molar-refractivity contribution in [2.45, 2.75) is 38.5 Å². The summed E-state index contributed by atoms with van der Waals surface area (Å²) in [7, 11) is 1.66. The minimum Gasteiger partial charge on any atom is -0.340 e. The number of imide groups is 1. The van der Waals surface area contributed by atoms with Crippen molar-refractivity contribution in [2.75, 3.05) is 39.8 Å². The van der Waals surface area contributed by atoms with Crippen molar-refractivity contribution < 1.29 is 14.0 Å². The van der Waals surface area contributed by atoms with Gasteiger partial charge in [-0.2, -0.15) is 0 Å². The summed E-state index contributed by atoms with van der Waals surface area (Å²) >= 11 is 0. The van der Waals surface area contributed by atoms with Gasteiger partial charge < -0.3 is 14.7 Å². The predicted molar refractivity (Wildman–Crippen MR) is 111 cm³/mol. The van der Waals surface area contributed by atoms with Gasteiger partial charge in [0.15, 0.2) is 18.2 Å². The van der Waals surface area contributed by atoms with Crippen molar-refractivity contribution in [1.82, 2.24) is 24.9 Å². The minimum absolute atomic E-state index is 0.295. The molecule has 4 rings (SSSR count). The molecule has 2 unspecified atom stereocenters. The molecule has 2 saturated heterocycles. The van der Waals surface area contributed by atoms with E-state index in [0.29, 0.717) is 6.54 Å². The maximum Gasteiger partial charge on any atom is 0.325 e. The summed E-state index contributed by atoms with van der Waals surface area (Å²) in [6.07, 6.45) is 1.81. The fourth-order valence-corrected chi connectivity index (χ4v) is 4.28. The van der Waals surface area contributed by atoms with Crippen LogP contribution in [0, 0.1) is 5.82 Å². The van der Waals surface area contributed by atoms with Crippen LogP contribution >= 0.6 is 0 Å². The number of hydrogen-bond acceptors (Lipinski definition) is 6. The standard InChI is InChI=1S/C21H29FN6O2/c1-3-4-9-26-10-12-27(13-11-26)20-23-18-17(19(29)24-21(30)25(18)2)28(20)14-15-5-7-16(22)8-6-15/h5-8,17-18H,3-4,9-14H2,1-2H3,(H,24,29,30). The molecular formula is C21H29FN6O2. The molecule has 3 amide bonds. The summed E-state index contributed by atoms with van der Waals surface area (Å²) in [5.41, 5.74) is 0.888. The molecule has 0 bridgehead atoms. The Kier molecular flexibility index (Phi) is 5.90. The highest BCUT2D eigenvalue weighted by molar-refractivity contribution is 6.03. The second-order valence-electron chi connectivity index (χ2n) is 8.13. The molecule has 0 spiro atoms. The van der Waals surface area contributed by atoms with E-state index in [1.807, 2.05) is 4.90 Å². The molecule has 0 saturated carbocycles. The molecule has 3 aliphatic rings. The SMILES string of the molecule is CCCCN1CCN(C2=NC3C(C(=O)NC(=O)N3C)N2Cc2ccc(F)cc2)CC1. The first-order valence-corrected chi connectivity index (χ1v) is 10.6. The number of rotatable bonds is 5. The average molecular weight is 417 g/mol. The van der Waals surface area contributed by atoms with Crippen molar-refractivity contribution >= 4 is 17.9 Å². The van der Waals surface area contributed by atoms with Gasteiger partial charge >= 0.3 is 6.03 Å². The van der Waals surface area contributed by atoms with Gasteiger partial charge in [0.1, 0.15) is 5.82 Å². The normalized spacial score (nSPS) is 24.8. The molecule has 1 aromatic rings. The Morgan fingerprint density at radius 2 is 1.83 bits per heavy atom. The van der Waals surface area contributed by atoms with Gasteiger partial charge in [-0.1, -0.05) is 25.5 Å². The number of unbranched alkanes of at least 4 members (excludes halogenated alkanes) is 1. The fourth-order valence-electron chi connectivity index (χ4n) is 4.28. The largest absolute Gasteiger partial charge is 0.340 e. The number of guanidine groups is 1. The van der Waals surface area contributed by atoms with Crippen molar-refractivity contribution in [3.05, 3.63) is 35.6 Å². The molecule has 8 nitrogen and oxygen atoms in total. The highest BCUT2D eigenvalue weighted by Crippen LogP contribution is 2.27. The topological polar surface area (TPSA) is 71.5 Å². The number of nitrogens with zero attached hydrogens (tertiary/aromatic N) is 5. The Bertz CT molecular complexity index is 821. The Morgan fingerprint density at radius 3 is 2.50 bits per heavy atom. The summed E-state index contributed by atoms with van der Waals surface area (Å²) in [5, 5.41) is 2.43. The number of fused-ring (bicyclic) bond motifs is 1. The Hall–Kier alpha value is -2.68. The number of likely N-dealkylation sites (N-methyl/N-ethyl adjacent to an activating group) is 1. The van der Waals surface area contributed by atoms with Gasteiger partial charge in [-0.3, -0.25) is 15.0 Å². The van der Waals surface area contributed by atoms with Crippen LogP contribution in [-0.2, 0) is 11.3 Å². The maximum atomic E-state index is 13.4. The predicted octanol–water partition coefficient (Wildman–Crippen LogP) is 1.29. The summed E-state index contributed by atoms with van der Waals surface area (Å²) in [5.74, 6) is 0.0996. The van der Waals surface area contributed by atoms with Gasteiger partial charge in [0.25, 0.3) is 5.91 Å². The molecule has 1 aromatic carbocycles. The first-order chi connectivity index (χ1) is 14.5. The van der Waals surface area contributed by atoms with E-state index < -0.39 is 18.2 Å². The van der Waals surface area contributed by atoms with Crippen molar-refractivity contribution in [3.8, 4) is 0 Å². The van der Waals surface area contributed by atoms with Crippen LogP contribution in [0.3, 0.4) is 0 Å². The first-order valence-electron chi connectivity index (χ1n) is 10.6. The van der Waals surface area contributed by atoms with Gasteiger partial charge in [-0.25, -0.2) is 14.2 Å². The zero-order chi connectivity index (χ0) is 21.3. The number of carbonyl (C=O) groups excluding carboxylic acids is 2. The second kappa shape index (κ2) is 8.59. The molecule has 30 heavy (non-hydrogen) atoms. The zero-order valence-electron chi connectivity index (χ0n) is 17.6. The van der Waals surface area contributed by atoms with Crippen molar-refractivity contribution in [1.29, 1.82) is 0 Å². The van der Waals surface area contributed by atoms with Gasteiger partial charge in [0.05, 0.1) is 0 Å². The maximum absolute atomic E-state index is 13.4. The summed E-state index contributed by atoms with van der Waals surface area (Å²) < 4.78 is 13.4. The second-order valence-corrected chi connectivity index (χ2v) is 8.13. The van der Waals surface area contributed by atoms with Gasteiger partial charge in [-0.15, -0.1) is 0 Å². The van der Waals surface area contributed by atoms with E-state index >= 15 is 0 Å². The lowest BCUT2D eigenvalue weighted by Crippen LogP contribution is -2.64. The average Bonchev–Trinajstić information content (AvgIpc) is 3.12. The van der Waals surface area contributed by atoms with Gasteiger partial charge in [-0.05, 0) is 30.7 Å². The number of urea groups is 1. The van der Waals surface area contributed by atoms with Crippen LogP contribution in [0.1, 0.15) is 25.3 Å². The van der Waals surface area contributed by atoms with Crippen LogP contribution < -0.4 is 5.32 Å². The number of piperazine rings is 1. The summed E-state index contributed by atoms with van der Waals surface area (Å²) in [6, 6.07) is 5.26. The molecule has 9 heteroatoms. The third kappa shape index (κ3) is 3.98. The molecule has 0 aliphatic carbocycles. The third-order valence-corrected chi connectivity index (χ3v) is 6.09. The van der Waals surface area contributed by atoms with E-state index in [2.05, 4.69) is 22.0 Å². The number of hydrogen-bond donors (Lipinski definition) is 1. The van der Waals surface area contributed by atoms with E-state index in [4.69, 9.17) is 4.99 Å². The summed E-state index contributed by atoms with van der Waals surface area (Å²) in [4.78, 5) is 37.8. The Balaban J connectivity index is 1.56. The van der Waals surface area contributed by atoms with E-state index in [-0.39, 0.29) is 11.7 Å². The third-order valence-electron chi connectivity index (χ3n) is 6.09. The molecule has 3 aliphatic heterocycles. The van der Waals surface area contributed by atoms with Gasteiger partial charge in [0, 0.05) is 39.8 Å². The zero-order valence-corrected chi connectivity index (χ0v) is 17.6. The van der Waals surface area contributed by atoms with Crippen LogP contribution in [0.4, 0.5) is 9.18 Å². The molecule has 0 aromatic heterocycles. The number of halogens is 1. The molecule has 0 radical (unpaired) electrons.